The van der Waals surface area contributed by atoms with Crippen LogP contribution in [0.25, 0.3) is 0 Å². The number of likely N-dealkylation sites (N-methyl/N-ethyl adjacent to an activating group) is 1. The molecular weight excluding hydrogens is 198 g/mol. The zero-order valence-corrected chi connectivity index (χ0v) is 10.7. The summed E-state index contributed by atoms with van der Waals surface area (Å²) in [5.74, 6) is 1.03. The van der Waals surface area contributed by atoms with E-state index in [0.717, 1.165) is 25.3 Å². The molecule has 0 fully saturated rings. The van der Waals surface area contributed by atoms with Crippen molar-refractivity contribution in [2.24, 2.45) is 0 Å². The molecule has 0 spiro atoms. The Balaban J connectivity index is 2.39. The first-order chi connectivity index (χ1) is 7.54. The highest BCUT2D eigenvalue weighted by Gasteiger charge is 2.22. The van der Waals surface area contributed by atoms with Gasteiger partial charge in [0.25, 0.3) is 0 Å². The summed E-state index contributed by atoms with van der Waals surface area (Å²) >= 11 is 0. The van der Waals surface area contributed by atoms with Gasteiger partial charge in [0.05, 0.1) is 12.2 Å². The summed E-state index contributed by atoms with van der Waals surface area (Å²) in [4.78, 5) is 2.25. The number of anilines is 1. The van der Waals surface area contributed by atoms with Gasteiger partial charge >= 0.3 is 0 Å². The summed E-state index contributed by atoms with van der Waals surface area (Å²) < 4.78 is 5.73. The molecule has 0 unspecified atom stereocenters. The molecule has 2 nitrogen and oxygen atoms in total. The second kappa shape index (κ2) is 4.00. The molecule has 0 saturated heterocycles. The van der Waals surface area contributed by atoms with Crippen LogP contribution in [0.15, 0.2) is 18.2 Å². The highest BCUT2D eigenvalue weighted by atomic mass is 16.5. The molecule has 0 bridgehead atoms. The largest absolute Gasteiger partial charge is 0.490 e. The van der Waals surface area contributed by atoms with Crippen molar-refractivity contribution in [1.29, 1.82) is 0 Å². The smallest absolute Gasteiger partial charge is 0.142 e. The number of hydrogen-bond acceptors (Lipinski definition) is 2. The quantitative estimate of drug-likeness (QED) is 0.757. The third kappa shape index (κ3) is 1.89. The van der Waals surface area contributed by atoms with E-state index in [0.29, 0.717) is 0 Å². The van der Waals surface area contributed by atoms with Gasteiger partial charge in [-0.05, 0) is 29.5 Å². The standard InChI is InChI=1S/C14H21NO/c1-5-14(2,3)11-6-7-12-13(10-11)16-9-8-15(12)4/h6-7,10H,5,8-9H2,1-4H3. The number of fused-ring (bicyclic) bond motifs is 1. The van der Waals surface area contributed by atoms with Crippen molar-refractivity contribution >= 4 is 5.69 Å². The van der Waals surface area contributed by atoms with Gasteiger partial charge in [0.15, 0.2) is 0 Å². The molecule has 88 valence electrons. The van der Waals surface area contributed by atoms with Crippen LogP contribution in [0.2, 0.25) is 0 Å². The van der Waals surface area contributed by atoms with Gasteiger partial charge in [-0.2, -0.15) is 0 Å². The van der Waals surface area contributed by atoms with Crippen LogP contribution in [-0.2, 0) is 5.41 Å². The maximum absolute atomic E-state index is 5.73. The highest BCUT2D eigenvalue weighted by Crippen LogP contribution is 2.36. The first-order valence-electron chi connectivity index (χ1n) is 6.03. The molecule has 2 rings (SSSR count). The lowest BCUT2D eigenvalue weighted by Gasteiger charge is -2.30. The van der Waals surface area contributed by atoms with Gasteiger partial charge in [0.1, 0.15) is 12.4 Å². The molecule has 1 aliphatic heterocycles. The lowest BCUT2D eigenvalue weighted by molar-refractivity contribution is 0.310. The molecule has 0 radical (unpaired) electrons. The van der Waals surface area contributed by atoms with E-state index in [4.69, 9.17) is 4.74 Å². The first-order valence-corrected chi connectivity index (χ1v) is 6.03. The second-order valence-electron chi connectivity index (χ2n) is 5.19. The van der Waals surface area contributed by atoms with Crippen molar-refractivity contribution in [3.05, 3.63) is 23.8 Å². The van der Waals surface area contributed by atoms with Gasteiger partial charge in [0, 0.05) is 7.05 Å². The second-order valence-corrected chi connectivity index (χ2v) is 5.19. The minimum atomic E-state index is 0.231. The van der Waals surface area contributed by atoms with Gasteiger partial charge in [-0.3, -0.25) is 0 Å². The van der Waals surface area contributed by atoms with Crippen LogP contribution < -0.4 is 9.64 Å². The van der Waals surface area contributed by atoms with Crippen molar-refractivity contribution in [3.63, 3.8) is 0 Å². The molecule has 0 aromatic heterocycles. The van der Waals surface area contributed by atoms with Crippen LogP contribution in [0.4, 0.5) is 5.69 Å². The minimum Gasteiger partial charge on any atom is -0.490 e. The monoisotopic (exact) mass is 219 g/mol. The Hall–Kier alpha value is -1.18. The summed E-state index contributed by atoms with van der Waals surface area (Å²) in [6, 6.07) is 6.61. The molecule has 0 amide bonds. The summed E-state index contributed by atoms with van der Waals surface area (Å²) in [5, 5.41) is 0. The fraction of sp³-hybridized carbons (Fsp3) is 0.571. The molecule has 0 saturated carbocycles. The predicted octanol–water partition coefficient (Wildman–Crippen LogP) is 3.20. The van der Waals surface area contributed by atoms with Gasteiger partial charge in [0.2, 0.25) is 0 Å². The zero-order valence-electron chi connectivity index (χ0n) is 10.7. The summed E-state index contributed by atoms with van der Waals surface area (Å²) in [5.41, 5.74) is 2.81. The first kappa shape index (κ1) is 11.3. The molecule has 0 N–H and O–H groups in total. The Kier molecular flexibility index (Phi) is 2.83. The van der Waals surface area contributed by atoms with Gasteiger partial charge in [-0.1, -0.05) is 26.8 Å². The van der Waals surface area contributed by atoms with Crippen LogP contribution in [0.5, 0.6) is 5.75 Å². The lowest BCUT2D eigenvalue weighted by atomic mass is 9.82. The van der Waals surface area contributed by atoms with Crippen LogP contribution >= 0.6 is 0 Å². The number of hydrogen-bond donors (Lipinski definition) is 0. The van der Waals surface area contributed by atoms with Gasteiger partial charge in [-0.15, -0.1) is 0 Å². The molecule has 0 aliphatic carbocycles. The van der Waals surface area contributed by atoms with E-state index in [-0.39, 0.29) is 5.41 Å². The summed E-state index contributed by atoms with van der Waals surface area (Å²) in [6.07, 6.45) is 1.14. The van der Waals surface area contributed by atoms with Crippen molar-refractivity contribution < 1.29 is 4.74 Å². The minimum absolute atomic E-state index is 0.231. The van der Waals surface area contributed by atoms with Crippen LogP contribution in [0, 0.1) is 0 Å². The zero-order chi connectivity index (χ0) is 11.8. The molecule has 1 heterocycles. The number of ether oxygens (including phenoxy) is 1. The highest BCUT2D eigenvalue weighted by molar-refractivity contribution is 5.61. The molecule has 1 aliphatic rings. The van der Waals surface area contributed by atoms with Crippen LogP contribution in [0.1, 0.15) is 32.8 Å². The van der Waals surface area contributed by atoms with Crippen LogP contribution in [0.3, 0.4) is 0 Å². The van der Waals surface area contributed by atoms with E-state index in [9.17, 15) is 0 Å². The maximum Gasteiger partial charge on any atom is 0.142 e. The SMILES string of the molecule is CCC(C)(C)c1ccc2c(c1)OCCN2C. The Bertz CT molecular complexity index is 384. The average Bonchev–Trinajstić information content (AvgIpc) is 2.29. The Morgan fingerprint density at radius 3 is 2.81 bits per heavy atom. The van der Waals surface area contributed by atoms with Crippen LogP contribution in [-0.4, -0.2) is 20.2 Å². The van der Waals surface area contributed by atoms with E-state index in [1.165, 1.54) is 11.3 Å². The number of rotatable bonds is 2. The predicted molar refractivity (Wildman–Crippen MR) is 68.5 cm³/mol. The van der Waals surface area contributed by atoms with Crippen molar-refractivity contribution in [3.8, 4) is 5.75 Å². The van der Waals surface area contributed by atoms with Crippen molar-refractivity contribution in [2.75, 3.05) is 25.1 Å². The maximum atomic E-state index is 5.73. The van der Waals surface area contributed by atoms with E-state index in [1.807, 2.05) is 0 Å². The van der Waals surface area contributed by atoms with E-state index >= 15 is 0 Å². The normalized spacial score (nSPS) is 15.6. The third-order valence-electron chi connectivity index (χ3n) is 3.72. The van der Waals surface area contributed by atoms with E-state index in [1.54, 1.807) is 0 Å². The Morgan fingerprint density at radius 1 is 1.38 bits per heavy atom. The lowest BCUT2D eigenvalue weighted by Crippen LogP contribution is -2.29. The third-order valence-corrected chi connectivity index (χ3v) is 3.72. The molecular formula is C14H21NO. The molecule has 1 aromatic carbocycles. The van der Waals surface area contributed by atoms with E-state index in [2.05, 4.69) is 50.9 Å². The number of benzene rings is 1. The molecule has 0 atom stereocenters. The van der Waals surface area contributed by atoms with Gasteiger partial charge in [-0.25, -0.2) is 0 Å². The van der Waals surface area contributed by atoms with Gasteiger partial charge < -0.3 is 9.64 Å². The molecule has 2 heteroatoms. The van der Waals surface area contributed by atoms with E-state index < -0.39 is 0 Å². The van der Waals surface area contributed by atoms with Crippen molar-refractivity contribution in [1.82, 2.24) is 0 Å². The molecule has 1 aromatic rings. The van der Waals surface area contributed by atoms with Crippen molar-refractivity contribution in [2.45, 2.75) is 32.6 Å². The topological polar surface area (TPSA) is 12.5 Å². The average molecular weight is 219 g/mol. The molecule has 16 heavy (non-hydrogen) atoms. The Morgan fingerprint density at radius 2 is 2.12 bits per heavy atom. The summed E-state index contributed by atoms with van der Waals surface area (Å²) in [7, 11) is 2.12. The fourth-order valence-corrected chi connectivity index (χ4v) is 1.98. The Labute approximate surface area is 98.2 Å². The number of nitrogens with zero attached hydrogens (tertiary/aromatic N) is 1. The fourth-order valence-electron chi connectivity index (χ4n) is 1.98. The summed E-state index contributed by atoms with van der Waals surface area (Å²) in [6.45, 7) is 8.55.